The largest absolute Gasteiger partial charge is 0.207 e. The van der Waals surface area contributed by atoms with Crippen molar-refractivity contribution in [2.45, 2.75) is 12.7 Å². The third-order valence-electron chi connectivity index (χ3n) is 1.68. The van der Waals surface area contributed by atoms with Gasteiger partial charge in [-0.05, 0) is 30.4 Å². The van der Waals surface area contributed by atoms with Gasteiger partial charge in [0.25, 0.3) is 0 Å². The van der Waals surface area contributed by atoms with Gasteiger partial charge in [-0.2, -0.15) is 11.8 Å². The molecule has 0 atom stereocenters. The minimum Gasteiger partial charge on any atom is -0.207 e. The Morgan fingerprint density at radius 3 is 2.82 bits per heavy atom. The Balaban J connectivity index is 2.96. The summed E-state index contributed by atoms with van der Waals surface area (Å²) in [4.78, 5) is 0. The Hall–Kier alpha value is -0.500. The molecule has 0 fully saturated rings. The molecule has 1 aromatic rings. The van der Waals surface area contributed by atoms with Crippen LogP contribution in [0.1, 0.15) is 11.1 Å². The van der Waals surface area contributed by atoms with E-state index < -0.39 is 0 Å². The minimum absolute atomic E-state index is 0.100. The molecule has 0 aliphatic rings. The molecule has 0 aliphatic carbocycles. The van der Waals surface area contributed by atoms with E-state index in [4.69, 9.17) is 0 Å². The first-order valence-electron chi connectivity index (χ1n) is 3.48. The third kappa shape index (κ3) is 1.96. The Bertz CT molecular complexity index is 245. The lowest BCUT2D eigenvalue weighted by atomic mass is 10.1. The van der Waals surface area contributed by atoms with Gasteiger partial charge < -0.3 is 0 Å². The molecule has 0 amide bonds. The summed E-state index contributed by atoms with van der Waals surface area (Å²) in [6.45, 7) is 1.82. The molecule has 0 N–H and O–H groups in total. The highest BCUT2D eigenvalue weighted by Gasteiger charge is 2.00. The van der Waals surface area contributed by atoms with Gasteiger partial charge in [-0.1, -0.05) is 12.1 Å². The Morgan fingerprint density at radius 2 is 2.18 bits per heavy atom. The minimum atomic E-state index is -0.100. The van der Waals surface area contributed by atoms with E-state index in [0.717, 1.165) is 16.9 Å². The summed E-state index contributed by atoms with van der Waals surface area (Å²) in [5.74, 6) is 0.792. The lowest BCUT2D eigenvalue weighted by molar-refractivity contribution is 0.616. The standard InChI is InChI=1S/C9H11FS/c1-7-8(6-11-2)4-3-5-9(7)10/h3-5H,6H2,1-2H3. The van der Waals surface area contributed by atoms with E-state index in [-0.39, 0.29) is 5.82 Å². The molecular formula is C9H11FS. The quantitative estimate of drug-likeness (QED) is 0.657. The van der Waals surface area contributed by atoms with Crippen LogP contribution in [0.4, 0.5) is 4.39 Å². The Morgan fingerprint density at radius 1 is 1.45 bits per heavy atom. The maximum absolute atomic E-state index is 12.9. The zero-order chi connectivity index (χ0) is 8.27. The summed E-state index contributed by atoms with van der Waals surface area (Å²) in [7, 11) is 0. The van der Waals surface area contributed by atoms with Crippen LogP contribution in [0.5, 0.6) is 0 Å². The Labute approximate surface area is 70.8 Å². The van der Waals surface area contributed by atoms with Crippen molar-refractivity contribution in [1.29, 1.82) is 0 Å². The SMILES string of the molecule is CSCc1cccc(F)c1C. The number of thioether (sulfide) groups is 1. The third-order valence-corrected chi connectivity index (χ3v) is 2.28. The fourth-order valence-corrected chi connectivity index (χ4v) is 1.59. The van der Waals surface area contributed by atoms with E-state index in [2.05, 4.69) is 0 Å². The van der Waals surface area contributed by atoms with E-state index in [0.29, 0.717) is 0 Å². The lowest BCUT2D eigenvalue weighted by Gasteiger charge is -2.03. The fraction of sp³-hybridized carbons (Fsp3) is 0.333. The molecule has 2 heteroatoms. The van der Waals surface area contributed by atoms with E-state index in [9.17, 15) is 4.39 Å². The molecule has 0 saturated carbocycles. The van der Waals surface area contributed by atoms with Crippen LogP contribution in [0, 0.1) is 12.7 Å². The average Bonchev–Trinajstić information content (AvgIpc) is 1.99. The van der Waals surface area contributed by atoms with Crippen LogP contribution in [0.15, 0.2) is 18.2 Å². The second kappa shape index (κ2) is 3.77. The summed E-state index contributed by atoms with van der Waals surface area (Å²) >= 11 is 1.71. The molecule has 0 aromatic heterocycles. The number of hydrogen-bond acceptors (Lipinski definition) is 1. The molecule has 0 nitrogen and oxygen atoms in total. The van der Waals surface area contributed by atoms with Crippen molar-refractivity contribution in [3.63, 3.8) is 0 Å². The topological polar surface area (TPSA) is 0 Å². The van der Waals surface area contributed by atoms with Gasteiger partial charge in [0, 0.05) is 5.75 Å². The van der Waals surface area contributed by atoms with Gasteiger partial charge in [-0.3, -0.25) is 0 Å². The molecule has 11 heavy (non-hydrogen) atoms. The predicted octanol–water partition coefficient (Wildman–Crippen LogP) is 3.00. The van der Waals surface area contributed by atoms with Crippen LogP contribution in [-0.2, 0) is 5.75 Å². The summed E-state index contributed by atoms with van der Waals surface area (Å²) in [5, 5.41) is 0. The summed E-state index contributed by atoms with van der Waals surface area (Å²) in [6, 6.07) is 5.22. The van der Waals surface area contributed by atoms with Gasteiger partial charge in [-0.15, -0.1) is 0 Å². The van der Waals surface area contributed by atoms with Crippen LogP contribution in [0.2, 0.25) is 0 Å². The summed E-state index contributed by atoms with van der Waals surface area (Å²) < 4.78 is 12.9. The second-order valence-corrected chi connectivity index (χ2v) is 3.32. The zero-order valence-electron chi connectivity index (χ0n) is 6.73. The first-order chi connectivity index (χ1) is 5.25. The van der Waals surface area contributed by atoms with Gasteiger partial charge in [0.2, 0.25) is 0 Å². The van der Waals surface area contributed by atoms with Crippen molar-refractivity contribution in [1.82, 2.24) is 0 Å². The molecule has 0 saturated heterocycles. The maximum Gasteiger partial charge on any atom is 0.126 e. The van der Waals surface area contributed by atoms with Gasteiger partial charge in [0.05, 0.1) is 0 Å². The number of rotatable bonds is 2. The molecule has 0 bridgehead atoms. The highest BCUT2D eigenvalue weighted by Crippen LogP contribution is 2.16. The smallest absolute Gasteiger partial charge is 0.126 e. The molecule has 1 aromatic carbocycles. The Kier molecular flexibility index (Phi) is 2.94. The highest BCUT2D eigenvalue weighted by molar-refractivity contribution is 7.97. The van der Waals surface area contributed by atoms with Crippen LogP contribution in [0.25, 0.3) is 0 Å². The van der Waals surface area contributed by atoms with E-state index in [1.54, 1.807) is 17.8 Å². The molecule has 0 aliphatic heterocycles. The molecule has 0 radical (unpaired) electrons. The normalized spacial score (nSPS) is 10.1. The van der Waals surface area contributed by atoms with Crippen LogP contribution >= 0.6 is 11.8 Å². The van der Waals surface area contributed by atoms with Crippen molar-refractivity contribution >= 4 is 11.8 Å². The van der Waals surface area contributed by atoms with E-state index in [1.807, 2.05) is 19.2 Å². The van der Waals surface area contributed by atoms with E-state index >= 15 is 0 Å². The van der Waals surface area contributed by atoms with Gasteiger partial charge in [0.15, 0.2) is 0 Å². The first kappa shape index (κ1) is 8.60. The molecule has 0 heterocycles. The van der Waals surface area contributed by atoms with Crippen LogP contribution in [-0.4, -0.2) is 6.26 Å². The fourth-order valence-electron chi connectivity index (χ4n) is 0.964. The van der Waals surface area contributed by atoms with Gasteiger partial charge in [-0.25, -0.2) is 4.39 Å². The monoisotopic (exact) mass is 170 g/mol. The molecule has 60 valence electrons. The predicted molar refractivity (Wildman–Crippen MR) is 48.4 cm³/mol. The number of benzene rings is 1. The van der Waals surface area contributed by atoms with Gasteiger partial charge >= 0.3 is 0 Å². The number of halogens is 1. The van der Waals surface area contributed by atoms with Crippen molar-refractivity contribution in [3.8, 4) is 0 Å². The van der Waals surface area contributed by atoms with Crippen molar-refractivity contribution in [2.75, 3.05) is 6.26 Å². The van der Waals surface area contributed by atoms with Crippen molar-refractivity contribution < 1.29 is 4.39 Å². The second-order valence-electron chi connectivity index (χ2n) is 2.46. The van der Waals surface area contributed by atoms with E-state index in [1.165, 1.54) is 6.07 Å². The molecular weight excluding hydrogens is 159 g/mol. The molecule has 0 unspecified atom stereocenters. The molecule has 0 spiro atoms. The first-order valence-corrected chi connectivity index (χ1v) is 4.88. The maximum atomic E-state index is 12.9. The highest BCUT2D eigenvalue weighted by atomic mass is 32.2. The average molecular weight is 170 g/mol. The lowest BCUT2D eigenvalue weighted by Crippen LogP contribution is -1.89. The van der Waals surface area contributed by atoms with Crippen molar-refractivity contribution in [2.24, 2.45) is 0 Å². The summed E-state index contributed by atoms with van der Waals surface area (Å²) in [5.41, 5.74) is 1.87. The zero-order valence-corrected chi connectivity index (χ0v) is 7.54. The van der Waals surface area contributed by atoms with Gasteiger partial charge in [0.1, 0.15) is 5.82 Å². The van der Waals surface area contributed by atoms with Crippen LogP contribution in [0.3, 0.4) is 0 Å². The number of hydrogen-bond donors (Lipinski definition) is 0. The van der Waals surface area contributed by atoms with Crippen LogP contribution < -0.4 is 0 Å². The summed E-state index contributed by atoms with van der Waals surface area (Å²) in [6.07, 6.45) is 2.02. The molecule has 1 rings (SSSR count). The van der Waals surface area contributed by atoms with Crippen molar-refractivity contribution in [3.05, 3.63) is 35.1 Å².